The summed E-state index contributed by atoms with van der Waals surface area (Å²) < 4.78 is 0. The zero-order valence-electron chi connectivity index (χ0n) is 12.4. The normalized spacial score (nSPS) is 15.2. The van der Waals surface area contributed by atoms with Gasteiger partial charge in [0.25, 0.3) is 0 Å². The van der Waals surface area contributed by atoms with Crippen LogP contribution in [0.4, 0.5) is 5.82 Å². The Morgan fingerprint density at radius 3 is 2.63 bits per heavy atom. The van der Waals surface area contributed by atoms with Crippen LogP contribution in [0.15, 0.2) is 12.4 Å². The fraction of sp³-hybridized carbons (Fsp3) is 0.733. The molecule has 1 N–H and O–H groups in total. The lowest BCUT2D eigenvalue weighted by molar-refractivity contribution is 0.223. The molecule has 1 aromatic rings. The second-order valence-electron chi connectivity index (χ2n) is 5.87. The number of hydrogen-bond donors (Lipinski definition) is 1. The van der Waals surface area contributed by atoms with Crippen molar-refractivity contribution in [2.24, 2.45) is 5.92 Å². The van der Waals surface area contributed by atoms with E-state index in [-0.39, 0.29) is 0 Å². The zero-order valence-corrected chi connectivity index (χ0v) is 12.4. The lowest BCUT2D eigenvalue weighted by atomic mass is 10.2. The maximum absolute atomic E-state index is 4.52. The van der Waals surface area contributed by atoms with Crippen LogP contribution < -0.4 is 5.32 Å². The van der Waals surface area contributed by atoms with E-state index in [1.54, 1.807) is 0 Å². The molecule has 0 unspecified atom stereocenters. The van der Waals surface area contributed by atoms with E-state index in [0.29, 0.717) is 5.92 Å². The van der Waals surface area contributed by atoms with Gasteiger partial charge in [-0.2, -0.15) is 0 Å². The van der Waals surface area contributed by atoms with E-state index in [0.717, 1.165) is 43.6 Å². The molecule has 106 valence electrons. The first-order chi connectivity index (χ1) is 9.19. The summed E-state index contributed by atoms with van der Waals surface area (Å²) in [5.74, 6) is 1.59. The molecule has 2 rings (SSSR count). The molecule has 1 aliphatic carbocycles. The van der Waals surface area contributed by atoms with Crippen molar-refractivity contribution in [2.75, 3.05) is 18.4 Å². The topological polar surface area (TPSA) is 41.1 Å². The van der Waals surface area contributed by atoms with Gasteiger partial charge in [-0.3, -0.25) is 9.88 Å². The van der Waals surface area contributed by atoms with Crippen molar-refractivity contribution in [2.45, 2.75) is 52.6 Å². The minimum Gasteiger partial charge on any atom is -0.369 e. The van der Waals surface area contributed by atoms with Crippen LogP contribution in [0.3, 0.4) is 0 Å². The molecule has 1 heterocycles. The molecule has 0 aromatic carbocycles. The van der Waals surface area contributed by atoms with Gasteiger partial charge in [-0.25, -0.2) is 4.98 Å². The van der Waals surface area contributed by atoms with Gasteiger partial charge in [0.15, 0.2) is 0 Å². The monoisotopic (exact) mass is 262 g/mol. The summed E-state index contributed by atoms with van der Waals surface area (Å²) in [6.45, 7) is 9.74. The molecule has 19 heavy (non-hydrogen) atoms. The number of hydrogen-bond acceptors (Lipinski definition) is 4. The van der Waals surface area contributed by atoms with E-state index in [9.17, 15) is 0 Å². The SMILES string of the molecule is CCCNc1cnc(CN(CC(C)C)C2CC2)cn1. The minimum absolute atomic E-state index is 0.707. The third kappa shape index (κ3) is 4.78. The van der Waals surface area contributed by atoms with E-state index in [4.69, 9.17) is 0 Å². The van der Waals surface area contributed by atoms with Gasteiger partial charge in [0.1, 0.15) is 5.82 Å². The van der Waals surface area contributed by atoms with Crippen molar-refractivity contribution >= 4 is 5.82 Å². The van der Waals surface area contributed by atoms with Gasteiger partial charge in [0.2, 0.25) is 0 Å². The third-order valence-corrected chi connectivity index (χ3v) is 3.29. The Balaban J connectivity index is 1.89. The van der Waals surface area contributed by atoms with Crippen molar-refractivity contribution in [3.8, 4) is 0 Å². The van der Waals surface area contributed by atoms with Crippen LogP contribution in [0.25, 0.3) is 0 Å². The van der Waals surface area contributed by atoms with E-state index in [2.05, 4.69) is 41.0 Å². The first kappa shape index (κ1) is 14.3. The van der Waals surface area contributed by atoms with Crippen LogP contribution in [-0.2, 0) is 6.54 Å². The van der Waals surface area contributed by atoms with Crippen LogP contribution in [0.1, 0.15) is 45.7 Å². The molecule has 1 fully saturated rings. The van der Waals surface area contributed by atoms with E-state index in [1.807, 2.05) is 12.4 Å². The first-order valence-corrected chi connectivity index (χ1v) is 7.48. The lowest BCUT2D eigenvalue weighted by Crippen LogP contribution is -2.29. The number of nitrogens with zero attached hydrogens (tertiary/aromatic N) is 3. The molecular weight excluding hydrogens is 236 g/mol. The molecule has 1 saturated carbocycles. The second-order valence-corrected chi connectivity index (χ2v) is 5.87. The second kappa shape index (κ2) is 6.85. The Kier molecular flexibility index (Phi) is 5.14. The number of aromatic nitrogens is 2. The predicted octanol–water partition coefficient (Wildman–Crippen LogP) is 2.92. The highest BCUT2D eigenvalue weighted by molar-refractivity contribution is 5.30. The maximum Gasteiger partial charge on any atom is 0.144 e. The molecule has 1 aliphatic rings. The molecule has 4 heteroatoms. The van der Waals surface area contributed by atoms with Crippen LogP contribution >= 0.6 is 0 Å². The standard InChI is InChI=1S/C15H26N4/c1-4-7-16-15-9-17-13(8-18-15)11-19(10-12(2)3)14-5-6-14/h8-9,12,14H,4-7,10-11H2,1-3H3,(H,16,18). The average Bonchev–Trinajstić information content (AvgIpc) is 3.21. The minimum atomic E-state index is 0.707. The van der Waals surface area contributed by atoms with Gasteiger partial charge in [0.05, 0.1) is 18.1 Å². The van der Waals surface area contributed by atoms with Gasteiger partial charge in [-0.1, -0.05) is 20.8 Å². The molecular formula is C15H26N4. The summed E-state index contributed by atoms with van der Waals surface area (Å²) in [5, 5.41) is 3.25. The van der Waals surface area contributed by atoms with E-state index >= 15 is 0 Å². The number of rotatable bonds is 8. The Labute approximate surface area is 116 Å². The van der Waals surface area contributed by atoms with Crippen molar-refractivity contribution in [1.29, 1.82) is 0 Å². The highest BCUT2D eigenvalue weighted by atomic mass is 15.2. The summed E-state index contributed by atoms with van der Waals surface area (Å²) in [7, 11) is 0. The van der Waals surface area contributed by atoms with Gasteiger partial charge in [-0.05, 0) is 25.2 Å². The zero-order chi connectivity index (χ0) is 13.7. The molecule has 0 amide bonds. The van der Waals surface area contributed by atoms with Gasteiger partial charge >= 0.3 is 0 Å². The van der Waals surface area contributed by atoms with Gasteiger partial charge in [-0.15, -0.1) is 0 Å². The van der Waals surface area contributed by atoms with Gasteiger partial charge in [0, 0.05) is 25.7 Å². The molecule has 0 spiro atoms. The Bertz CT molecular complexity index is 370. The van der Waals surface area contributed by atoms with Gasteiger partial charge < -0.3 is 5.32 Å². The molecule has 0 atom stereocenters. The summed E-state index contributed by atoms with van der Waals surface area (Å²) in [6, 6.07) is 0.780. The van der Waals surface area contributed by atoms with Crippen molar-refractivity contribution in [3.05, 3.63) is 18.1 Å². The fourth-order valence-electron chi connectivity index (χ4n) is 2.24. The summed E-state index contributed by atoms with van der Waals surface area (Å²) in [5.41, 5.74) is 1.08. The Hall–Kier alpha value is -1.16. The van der Waals surface area contributed by atoms with Crippen LogP contribution in [0, 0.1) is 5.92 Å². The van der Waals surface area contributed by atoms with Crippen molar-refractivity contribution < 1.29 is 0 Å². The smallest absolute Gasteiger partial charge is 0.144 e. The fourth-order valence-corrected chi connectivity index (χ4v) is 2.24. The summed E-state index contributed by atoms with van der Waals surface area (Å²) >= 11 is 0. The first-order valence-electron chi connectivity index (χ1n) is 7.48. The Morgan fingerprint density at radius 1 is 1.32 bits per heavy atom. The molecule has 0 radical (unpaired) electrons. The quantitative estimate of drug-likeness (QED) is 0.782. The highest BCUT2D eigenvalue weighted by Gasteiger charge is 2.29. The number of nitrogens with one attached hydrogen (secondary N) is 1. The average molecular weight is 262 g/mol. The third-order valence-electron chi connectivity index (χ3n) is 3.29. The molecule has 0 aliphatic heterocycles. The van der Waals surface area contributed by atoms with E-state index in [1.165, 1.54) is 12.8 Å². The van der Waals surface area contributed by atoms with Crippen LogP contribution in [-0.4, -0.2) is 34.0 Å². The van der Waals surface area contributed by atoms with Crippen LogP contribution in [0.5, 0.6) is 0 Å². The van der Waals surface area contributed by atoms with Crippen molar-refractivity contribution in [1.82, 2.24) is 14.9 Å². The molecule has 4 nitrogen and oxygen atoms in total. The summed E-state index contributed by atoms with van der Waals surface area (Å²) in [4.78, 5) is 11.5. The number of anilines is 1. The molecule has 0 bridgehead atoms. The van der Waals surface area contributed by atoms with E-state index < -0.39 is 0 Å². The molecule has 0 saturated heterocycles. The Morgan fingerprint density at radius 2 is 2.11 bits per heavy atom. The molecule has 1 aromatic heterocycles. The van der Waals surface area contributed by atoms with Crippen LogP contribution in [0.2, 0.25) is 0 Å². The van der Waals surface area contributed by atoms with Crippen molar-refractivity contribution in [3.63, 3.8) is 0 Å². The lowest BCUT2D eigenvalue weighted by Gasteiger charge is -2.23. The largest absolute Gasteiger partial charge is 0.369 e. The maximum atomic E-state index is 4.52. The highest BCUT2D eigenvalue weighted by Crippen LogP contribution is 2.28. The summed E-state index contributed by atoms with van der Waals surface area (Å²) in [6.07, 6.45) is 7.55. The predicted molar refractivity (Wildman–Crippen MR) is 79.1 cm³/mol.